The standard InChI is InChI=1S/C14H26N2O4S/c1-4-5-9-19-10-8-16-21(17,18)14-7-6-13(20-14)11-15-12(2)3/h6-7,12,15-16H,4-5,8-11H2,1-3H3. The molecule has 1 aromatic heterocycles. The zero-order valence-corrected chi connectivity index (χ0v) is 13.8. The van der Waals surface area contributed by atoms with Gasteiger partial charge in [0, 0.05) is 19.2 Å². The van der Waals surface area contributed by atoms with Crippen molar-refractivity contribution in [1.82, 2.24) is 10.0 Å². The average molecular weight is 318 g/mol. The van der Waals surface area contributed by atoms with Gasteiger partial charge in [0.25, 0.3) is 10.0 Å². The van der Waals surface area contributed by atoms with Crippen molar-refractivity contribution in [2.24, 2.45) is 0 Å². The van der Waals surface area contributed by atoms with E-state index in [4.69, 9.17) is 9.15 Å². The summed E-state index contributed by atoms with van der Waals surface area (Å²) in [5.41, 5.74) is 0. The molecule has 122 valence electrons. The fourth-order valence-electron chi connectivity index (χ4n) is 1.57. The number of hydrogen-bond acceptors (Lipinski definition) is 5. The van der Waals surface area contributed by atoms with E-state index in [0.717, 1.165) is 12.8 Å². The van der Waals surface area contributed by atoms with Gasteiger partial charge in [0.2, 0.25) is 5.09 Å². The molecular formula is C14H26N2O4S. The summed E-state index contributed by atoms with van der Waals surface area (Å²) in [6.07, 6.45) is 2.04. The van der Waals surface area contributed by atoms with Crippen LogP contribution in [0.4, 0.5) is 0 Å². The number of furan rings is 1. The van der Waals surface area contributed by atoms with E-state index in [0.29, 0.717) is 31.6 Å². The van der Waals surface area contributed by atoms with Crippen molar-refractivity contribution in [1.29, 1.82) is 0 Å². The second kappa shape index (κ2) is 9.19. The lowest BCUT2D eigenvalue weighted by Gasteiger charge is -2.06. The Hall–Kier alpha value is -0.890. The first kappa shape index (κ1) is 18.2. The molecule has 1 aromatic rings. The van der Waals surface area contributed by atoms with Crippen LogP contribution in [-0.2, 0) is 21.3 Å². The molecule has 21 heavy (non-hydrogen) atoms. The molecule has 0 aliphatic carbocycles. The summed E-state index contributed by atoms with van der Waals surface area (Å²) < 4.78 is 37.1. The van der Waals surface area contributed by atoms with Gasteiger partial charge < -0.3 is 14.5 Å². The maximum atomic E-state index is 12.0. The molecule has 2 N–H and O–H groups in total. The smallest absolute Gasteiger partial charge is 0.274 e. The largest absolute Gasteiger partial charge is 0.447 e. The summed E-state index contributed by atoms with van der Waals surface area (Å²) in [6, 6.07) is 3.45. The zero-order valence-electron chi connectivity index (χ0n) is 13.0. The number of unbranched alkanes of at least 4 members (excludes halogenated alkanes) is 1. The van der Waals surface area contributed by atoms with Gasteiger partial charge in [0.05, 0.1) is 13.2 Å². The van der Waals surface area contributed by atoms with Gasteiger partial charge in [-0.3, -0.25) is 0 Å². The summed E-state index contributed by atoms with van der Waals surface area (Å²) in [5, 5.41) is 3.11. The summed E-state index contributed by atoms with van der Waals surface area (Å²) in [4.78, 5) is 0. The van der Waals surface area contributed by atoms with E-state index in [-0.39, 0.29) is 11.6 Å². The average Bonchev–Trinajstić information content (AvgIpc) is 2.90. The molecule has 0 saturated heterocycles. The molecule has 0 unspecified atom stereocenters. The zero-order chi connectivity index (χ0) is 15.7. The van der Waals surface area contributed by atoms with Gasteiger partial charge in [-0.25, -0.2) is 13.1 Å². The van der Waals surface area contributed by atoms with Crippen LogP contribution >= 0.6 is 0 Å². The third kappa shape index (κ3) is 7.08. The van der Waals surface area contributed by atoms with Gasteiger partial charge in [0.1, 0.15) is 5.76 Å². The molecule has 0 saturated carbocycles. The van der Waals surface area contributed by atoms with Gasteiger partial charge in [-0.2, -0.15) is 0 Å². The molecular weight excluding hydrogens is 292 g/mol. The SMILES string of the molecule is CCCCOCCNS(=O)(=O)c1ccc(CNC(C)C)o1. The van der Waals surface area contributed by atoms with Crippen LogP contribution < -0.4 is 10.0 Å². The summed E-state index contributed by atoms with van der Waals surface area (Å²) >= 11 is 0. The van der Waals surface area contributed by atoms with E-state index in [1.165, 1.54) is 6.07 Å². The molecule has 0 aromatic carbocycles. The second-order valence-electron chi connectivity index (χ2n) is 5.12. The Labute approximate surface area is 127 Å². The van der Waals surface area contributed by atoms with E-state index < -0.39 is 10.0 Å². The Morgan fingerprint density at radius 2 is 2.05 bits per heavy atom. The number of ether oxygens (including phenoxy) is 1. The van der Waals surface area contributed by atoms with Gasteiger partial charge in [-0.1, -0.05) is 27.2 Å². The highest BCUT2D eigenvalue weighted by Crippen LogP contribution is 2.13. The van der Waals surface area contributed by atoms with Crippen molar-refractivity contribution in [3.8, 4) is 0 Å². The van der Waals surface area contributed by atoms with Crippen LogP contribution in [0, 0.1) is 0 Å². The molecule has 0 aliphatic rings. The molecule has 1 rings (SSSR count). The summed E-state index contributed by atoms with van der Waals surface area (Å²) in [7, 11) is -3.60. The maximum absolute atomic E-state index is 12.0. The number of nitrogens with one attached hydrogen (secondary N) is 2. The van der Waals surface area contributed by atoms with E-state index >= 15 is 0 Å². The van der Waals surface area contributed by atoms with Gasteiger partial charge in [-0.15, -0.1) is 0 Å². The fraction of sp³-hybridized carbons (Fsp3) is 0.714. The monoisotopic (exact) mass is 318 g/mol. The van der Waals surface area contributed by atoms with Crippen molar-refractivity contribution in [3.05, 3.63) is 17.9 Å². The van der Waals surface area contributed by atoms with E-state index in [1.807, 2.05) is 13.8 Å². The Balaban J connectivity index is 2.40. The summed E-state index contributed by atoms with van der Waals surface area (Å²) in [6.45, 7) is 7.88. The third-order valence-corrected chi connectivity index (χ3v) is 4.10. The van der Waals surface area contributed by atoms with E-state index in [1.54, 1.807) is 6.07 Å². The van der Waals surface area contributed by atoms with Gasteiger partial charge in [0.15, 0.2) is 0 Å². The van der Waals surface area contributed by atoms with Crippen LogP contribution in [0.1, 0.15) is 39.4 Å². The Morgan fingerprint density at radius 1 is 1.29 bits per heavy atom. The minimum atomic E-state index is -3.60. The number of hydrogen-bond donors (Lipinski definition) is 2. The lowest BCUT2D eigenvalue weighted by molar-refractivity contribution is 0.136. The lowest BCUT2D eigenvalue weighted by atomic mass is 10.3. The predicted molar refractivity (Wildman–Crippen MR) is 81.6 cm³/mol. The van der Waals surface area contributed by atoms with Crippen LogP contribution in [0.15, 0.2) is 21.6 Å². The summed E-state index contributed by atoms with van der Waals surface area (Å²) in [5.74, 6) is 0.600. The van der Waals surface area contributed by atoms with Gasteiger partial charge in [-0.05, 0) is 18.6 Å². The quantitative estimate of drug-likeness (QED) is 0.609. The topological polar surface area (TPSA) is 80.6 Å². The van der Waals surface area contributed by atoms with Crippen LogP contribution in [0.5, 0.6) is 0 Å². The normalized spacial score (nSPS) is 12.2. The molecule has 0 bridgehead atoms. The highest BCUT2D eigenvalue weighted by molar-refractivity contribution is 7.89. The van der Waals surface area contributed by atoms with Gasteiger partial charge >= 0.3 is 0 Å². The molecule has 6 nitrogen and oxygen atoms in total. The molecule has 0 radical (unpaired) electrons. The predicted octanol–water partition coefficient (Wildman–Crippen LogP) is 1.87. The number of sulfonamides is 1. The Bertz CT molecular complexity index is 497. The molecule has 0 fully saturated rings. The van der Waals surface area contributed by atoms with Crippen molar-refractivity contribution in [2.75, 3.05) is 19.8 Å². The van der Waals surface area contributed by atoms with Crippen LogP contribution in [0.25, 0.3) is 0 Å². The Morgan fingerprint density at radius 3 is 2.71 bits per heavy atom. The van der Waals surface area contributed by atoms with Crippen LogP contribution in [0.2, 0.25) is 0 Å². The molecule has 0 atom stereocenters. The first-order valence-corrected chi connectivity index (χ1v) is 8.83. The maximum Gasteiger partial charge on any atom is 0.274 e. The first-order chi connectivity index (χ1) is 9.95. The van der Waals surface area contributed by atoms with Crippen molar-refractivity contribution >= 4 is 10.0 Å². The Kier molecular flexibility index (Phi) is 7.95. The molecule has 0 spiro atoms. The van der Waals surface area contributed by atoms with Crippen LogP contribution in [0.3, 0.4) is 0 Å². The molecule has 0 amide bonds. The van der Waals surface area contributed by atoms with E-state index in [2.05, 4.69) is 17.0 Å². The highest BCUT2D eigenvalue weighted by atomic mass is 32.2. The van der Waals surface area contributed by atoms with Crippen LogP contribution in [-0.4, -0.2) is 34.2 Å². The van der Waals surface area contributed by atoms with Crippen molar-refractivity contribution in [2.45, 2.75) is 51.3 Å². The molecule has 1 heterocycles. The van der Waals surface area contributed by atoms with Crippen molar-refractivity contribution in [3.63, 3.8) is 0 Å². The lowest BCUT2D eigenvalue weighted by Crippen LogP contribution is -2.27. The highest BCUT2D eigenvalue weighted by Gasteiger charge is 2.18. The molecule has 7 heteroatoms. The molecule has 0 aliphatic heterocycles. The first-order valence-electron chi connectivity index (χ1n) is 7.35. The van der Waals surface area contributed by atoms with E-state index in [9.17, 15) is 8.42 Å². The minimum Gasteiger partial charge on any atom is -0.447 e. The number of rotatable bonds is 11. The minimum absolute atomic E-state index is 0.0587. The third-order valence-electron chi connectivity index (χ3n) is 2.77. The van der Waals surface area contributed by atoms with Crippen molar-refractivity contribution < 1.29 is 17.6 Å². The second-order valence-corrected chi connectivity index (χ2v) is 6.82. The fourth-order valence-corrected chi connectivity index (χ4v) is 2.53.